The van der Waals surface area contributed by atoms with E-state index in [9.17, 15) is 4.39 Å². The maximum Gasteiger partial charge on any atom is 0.123 e. The summed E-state index contributed by atoms with van der Waals surface area (Å²) in [4.78, 5) is 2.50. The third kappa shape index (κ3) is 4.20. The summed E-state index contributed by atoms with van der Waals surface area (Å²) in [6.45, 7) is 2.43. The van der Waals surface area contributed by atoms with Gasteiger partial charge in [-0.1, -0.05) is 36.8 Å². The summed E-state index contributed by atoms with van der Waals surface area (Å²) in [6, 6.07) is 15.5. The van der Waals surface area contributed by atoms with Crippen molar-refractivity contribution in [2.45, 2.75) is 37.8 Å². The normalized spacial score (nSPS) is 19.6. The Morgan fingerprint density at radius 1 is 1.20 bits per heavy atom. The Bertz CT molecular complexity index is 677. The van der Waals surface area contributed by atoms with Crippen LogP contribution in [0.15, 0.2) is 48.5 Å². The summed E-state index contributed by atoms with van der Waals surface area (Å²) in [5, 5.41) is 0. The smallest absolute Gasteiger partial charge is 0.123 e. The molecule has 1 fully saturated rings. The number of piperidine rings is 1. The minimum atomic E-state index is -0.236. The fourth-order valence-corrected chi connectivity index (χ4v) is 3.97. The lowest BCUT2D eigenvalue weighted by atomic mass is 9.84. The van der Waals surface area contributed by atoms with Crippen molar-refractivity contribution in [1.82, 2.24) is 4.90 Å². The predicted molar refractivity (Wildman–Crippen MR) is 99.2 cm³/mol. The number of ether oxygens (including phenoxy) is 1. The molecule has 3 nitrogen and oxygen atoms in total. The van der Waals surface area contributed by atoms with Crippen molar-refractivity contribution in [1.29, 1.82) is 0 Å². The fourth-order valence-electron chi connectivity index (χ4n) is 3.97. The number of nitrogens with two attached hydrogens (primary N) is 1. The number of benzene rings is 2. The van der Waals surface area contributed by atoms with Gasteiger partial charge in [0.1, 0.15) is 11.6 Å². The second-order valence-electron chi connectivity index (χ2n) is 6.75. The number of hydrogen-bond acceptors (Lipinski definition) is 3. The van der Waals surface area contributed by atoms with E-state index in [2.05, 4.69) is 29.2 Å². The van der Waals surface area contributed by atoms with E-state index in [1.807, 2.05) is 6.07 Å². The molecule has 2 atom stereocenters. The van der Waals surface area contributed by atoms with E-state index < -0.39 is 0 Å². The molecule has 0 amide bonds. The molecule has 2 unspecified atom stereocenters. The Balaban J connectivity index is 1.88. The third-order valence-corrected chi connectivity index (χ3v) is 5.20. The number of halogens is 1. The molecule has 1 aliphatic heterocycles. The molecule has 0 bridgehead atoms. The molecule has 0 radical (unpaired) electrons. The number of likely N-dealkylation sites (tertiary alicyclic amines) is 1. The second kappa shape index (κ2) is 8.45. The van der Waals surface area contributed by atoms with E-state index in [4.69, 9.17) is 10.5 Å². The van der Waals surface area contributed by atoms with Gasteiger partial charge in [-0.3, -0.25) is 4.90 Å². The Labute approximate surface area is 149 Å². The van der Waals surface area contributed by atoms with Crippen molar-refractivity contribution in [3.8, 4) is 5.75 Å². The molecule has 0 spiro atoms. The number of hydrogen-bond donors (Lipinski definition) is 1. The van der Waals surface area contributed by atoms with E-state index in [0.29, 0.717) is 12.6 Å². The minimum Gasteiger partial charge on any atom is -0.496 e. The van der Waals surface area contributed by atoms with Crippen molar-refractivity contribution < 1.29 is 9.13 Å². The molecule has 0 aliphatic carbocycles. The summed E-state index contributed by atoms with van der Waals surface area (Å²) in [5.41, 5.74) is 8.35. The van der Waals surface area contributed by atoms with Crippen molar-refractivity contribution in [3.63, 3.8) is 0 Å². The predicted octanol–water partition coefficient (Wildman–Crippen LogP) is 3.93. The Morgan fingerprint density at radius 3 is 2.72 bits per heavy atom. The standard InChI is InChI=1S/C21H27FN2O/c1-25-21-11-10-17(22)13-18(21)19(14-23)20-9-5-6-12-24(20)15-16-7-3-2-4-8-16/h2-4,7-8,10-11,13,19-20H,5-6,9,12,14-15,23H2,1H3. The van der Waals surface area contributed by atoms with E-state index in [0.717, 1.165) is 30.8 Å². The van der Waals surface area contributed by atoms with Gasteiger partial charge in [-0.05, 0) is 43.1 Å². The molecule has 25 heavy (non-hydrogen) atoms. The van der Waals surface area contributed by atoms with Crippen molar-refractivity contribution >= 4 is 0 Å². The molecule has 2 N–H and O–H groups in total. The zero-order valence-electron chi connectivity index (χ0n) is 14.8. The Hall–Kier alpha value is -1.91. The maximum atomic E-state index is 13.9. The zero-order chi connectivity index (χ0) is 17.6. The van der Waals surface area contributed by atoms with Gasteiger partial charge in [-0.25, -0.2) is 4.39 Å². The summed E-state index contributed by atoms with van der Waals surface area (Å²) in [6.07, 6.45) is 3.46. The van der Waals surface area contributed by atoms with Crippen LogP contribution >= 0.6 is 0 Å². The van der Waals surface area contributed by atoms with Crippen LogP contribution in [-0.2, 0) is 6.54 Å². The molecule has 4 heteroatoms. The summed E-state index contributed by atoms with van der Waals surface area (Å²) >= 11 is 0. The largest absolute Gasteiger partial charge is 0.496 e. The van der Waals surface area contributed by atoms with Crippen LogP contribution in [0.4, 0.5) is 4.39 Å². The molecule has 1 aliphatic rings. The van der Waals surface area contributed by atoms with Crippen LogP contribution in [-0.4, -0.2) is 31.1 Å². The van der Waals surface area contributed by atoms with Gasteiger partial charge in [0, 0.05) is 30.6 Å². The lowest BCUT2D eigenvalue weighted by Crippen LogP contribution is -2.44. The molecule has 2 aromatic rings. The van der Waals surface area contributed by atoms with Gasteiger partial charge < -0.3 is 10.5 Å². The summed E-state index contributed by atoms with van der Waals surface area (Å²) < 4.78 is 19.4. The van der Waals surface area contributed by atoms with Crippen LogP contribution in [0, 0.1) is 5.82 Å². The zero-order valence-corrected chi connectivity index (χ0v) is 14.8. The van der Waals surface area contributed by atoms with E-state index in [1.54, 1.807) is 19.2 Å². The second-order valence-corrected chi connectivity index (χ2v) is 6.75. The fraction of sp³-hybridized carbons (Fsp3) is 0.429. The average Bonchev–Trinajstić information content (AvgIpc) is 2.65. The highest BCUT2D eigenvalue weighted by Crippen LogP contribution is 2.35. The molecule has 1 saturated heterocycles. The molecule has 3 rings (SSSR count). The minimum absolute atomic E-state index is 0.0645. The van der Waals surface area contributed by atoms with Crippen molar-refractivity contribution in [2.24, 2.45) is 5.73 Å². The molecular formula is C21H27FN2O. The maximum absolute atomic E-state index is 13.9. The van der Waals surface area contributed by atoms with Crippen LogP contribution in [0.5, 0.6) is 5.75 Å². The monoisotopic (exact) mass is 342 g/mol. The topological polar surface area (TPSA) is 38.5 Å². The van der Waals surface area contributed by atoms with Crippen LogP contribution in [0.3, 0.4) is 0 Å². The first-order valence-corrected chi connectivity index (χ1v) is 9.04. The van der Waals surface area contributed by atoms with Crippen LogP contribution < -0.4 is 10.5 Å². The Kier molecular flexibility index (Phi) is 6.05. The first kappa shape index (κ1) is 17.9. The van der Waals surface area contributed by atoms with Crippen molar-refractivity contribution in [2.75, 3.05) is 20.2 Å². The first-order chi connectivity index (χ1) is 12.2. The highest BCUT2D eigenvalue weighted by atomic mass is 19.1. The van der Waals surface area contributed by atoms with E-state index in [-0.39, 0.29) is 11.7 Å². The lowest BCUT2D eigenvalue weighted by molar-refractivity contribution is 0.118. The SMILES string of the molecule is COc1ccc(F)cc1C(CN)C1CCCCN1Cc1ccccc1. The van der Waals surface area contributed by atoms with Gasteiger partial charge in [0.05, 0.1) is 7.11 Å². The van der Waals surface area contributed by atoms with E-state index in [1.165, 1.54) is 24.5 Å². The molecule has 0 aromatic heterocycles. The highest BCUT2D eigenvalue weighted by Gasteiger charge is 2.32. The van der Waals surface area contributed by atoms with Gasteiger partial charge in [-0.2, -0.15) is 0 Å². The van der Waals surface area contributed by atoms with Crippen LogP contribution in [0.1, 0.15) is 36.3 Å². The number of methoxy groups -OCH3 is 1. The molecule has 1 heterocycles. The number of nitrogens with zero attached hydrogens (tertiary/aromatic N) is 1. The average molecular weight is 342 g/mol. The summed E-state index contributed by atoms with van der Waals surface area (Å²) in [5.74, 6) is 0.552. The lowest BCUT2D eigenvalue weighted by Gasteiger charge is -2.40. The van der Waals surface area contributed by atoms with Gasteiger partial charge in [0.2, 0.25) is 0 Å². The highest BCUT2D eigenvalue weighted by molar-refractivity contribution is 5.38. The van der Waals surface area contributed by atoms with Crippen LogP contribution in [0.25, 0.3) is 0 Å². The first-order valence-electron chi connectivity index (χ1n) is 9.04. The van der Waals surface area contributed by atoms with Crippen molar-refractivity contribution in [3.05, 3.63) is 65.5 Å². The molecule has 0 saturated carbocycles. The van der Waals surface area contributed by atoms with Gasteiger partial charge >= 0.3 is 0 Å². The van der Waals surface area contributed by atoms with Gasteiger partial charge in [0.15, 0.2) is 0 Å². The molecule has 134 valence electrons. The molecule has 2 aromatic carbocycles. The van der Waals surface area contributed by atoms with E-state index >= 15 is 0 Å². The quantitative estimate of drug-likeness (QED) is 0.864. The van der Waals surface area contributed by atoms with Crippen LogP contribution in [0.2, 0.25) is 0 Å². The van der Waals surface area contributed by atoms with Gasteiger partial charge in [0.25, 0.3) is 0 Å². The number of rotatable bonds is 6. The van der Waals surface area contributed by atoms with Gasteiger partial charge in [-0.15, -0.1) is 0 Å². The third-order valence-electron chi connectivity index (χ3n) is 5.20. The molecular weight excluding hydrogens is 315 g/mol. The summed E-state index contributed by atoms with van der Waals surface area (Å²) in [7, 11) is 1.63. The Morgan fingerprint density at radius 2 is 2.00 bits per heavy atom.